The molecule has 3 N–H and O–H groups in total. The molecule has 0 bridgehead atoms. The van der Waals surface area contributed by atoms with Crippen molar-refractivity contribution in [3.63, 3.8) is 0 Å². The average Bonchev–Trinajstić information content (AvgIpc) is 2.89. The highest BCUT2D eigenvalue weighted by Crippen LogP contribution is 2.37. The highest BCUT2D eigenvalue weighted by Gasteiger charge is 2.33. The Kier molecular flexibility index (Phi) is 4.52. The Hall–Kier alpha value is -1.43. The van der Waals surface area contributed by atoms with E-state index in [1.807, 2.05) is 6.92 Å². The van der Waals surface area contributed by atoms with E-state index < -0.39 is 5.82 Å². The minimum absolute atomic E-state index is 0.129. The van der Waals surface area contributed by atoms with Gasteiger partial charge in [-0.05, 0) is 19.8 Å². The average molecular weight is 268 g/mol. The number of rotatable bonds is 6. The summed E-state index contributed by atoms with van der Waals surface area (Å²) < 4.78 is 13.6. The largest absolute Gasteiger partial charge is 0.396 e. The Morgan fingerprint density at radius 1 is 1.37 bits per heavy atom. The zero-order valence-corrected chi connectivity index (χ0v) is 11.2. The van der Waals surface area contributed by atoms with Gasteiger partial charge in [0.15, 0.2) is 11.6 Å². The fourth-order valence-corrected chi connectivity index (χ4v) is 2.52. The van der Waals surface area contributed by atoms with Crippen LogP contribution in [-0.2, 0) is 0 Å². The second kappa shape index (κ2) is 6.14. The molecule has 0 radical (unpaired) electrons. The zero-order valence-electron chi connectivity index (χ0n) is 11.2. The van der Waals surface area contributed by atoms with E-state index in [4.69, 9.17) is 0 Å². The SMILES string of the molecule is CCNc1ncc(F)c(NCC2(CO)CCCC2)n1. The highest BCUT2D eigenvalue weighted by molar-refractivity contribution is 5.41. The molecule has 0 spiro atoms. The van der Waals surface area contributed by atoms with Crippen LogP contribution in [0.3, 0.4) is 0 Å². The monoisotopic (exact) mass is 268 g/mol. The second-order valence-corrected chi connectivity index (χ2v) is 5.14. The van der Waals surface area contributed by atoms with Gasteiger partial charge in [0, 0.05) is 18.5 Å². The highest BCUT2D eigenvalue weighted by atomic mass is 19.1. The van der Waals surface area contributed by atoms with Crippen LogP contribution < -0.4 is 10.6 Å². The molecule has 5 nitrogen and oxygen atoms in total. The quantitative estimate of drug-likeness (QED) is 0.736. The van der Waals surface area contributed by atoms with Crippen molar-refractivity contribution in [1.82, 2.24) is 9.97 Å². The van der Waals surface area contributed by atoms with Gasteiger partial charge in [0.05, 0.1) is 12.8 Å². The molecule has 1 aromatic rings. The molecule has 19 heavy (non-hydrogen) atoms. The molecule has 6 heteroatoms. The van der Waals surface area contributed by atoms with Crippen LogP contribution in [0.2, 0.25) is 0 Å². The first-order chi connectivity index (χ1) is 9.19. The number of aromatic nitrogens is 2. The maximum absolute atomic E-state index is 13.6. The molecule has 1 aliphatic carbocycles. The first-order valence-electron chi connectivity index (χ1n) is 6.80. The van der Waals surface area contributed by atoms with Gasteiger partial charge in [-0.2, -0.15) is 4.98 Å². The van der Waals surface area contributed by atoms with Gasteiger partial charge in [-0.1, -0.05) is 12.8 Å². The fourth-order valence-electron chi connectivity index (χ4n) is 2.52. The summed E-state index contributed by atoms with van der Waals surface area (Å²) in [6, 6.07) is 0. The lowest BCUT2D eigenvalue weighted by Crippen LogP contribution is -2.31. The molecule has 1 saturated carbocycles. The number of aliphatic hydroxyl groups excluding tert-OH is 1. The van der Waals surface area contributed by atoms with Gasteiger partial charge in [-0.3, -0.25) is 0 Å². The summed E-state index contributed by atoms with van der Waals surface area (Å²) in [5.74, 6) is 0.147. The van der Waals surface area contributed by atoms with Crippen LogP contribution in [0.1, 0.15) is 32.6 Å². The second-order valence-electron chi connectivity index (χ2n) is 5.14. The predicted octanol–water partition coefficient (Wildman–Crippen LogP) is 2.01. The Bertz CT molecular complexity index is 421. The van der Waals surface area contributed by atoms with Crippen molar-refractivity contribution in [2.45, 2.75) is 32.6 Å². The number of nitrogens with one attached hydrogen (secondary N) is 2. The molecular weight excluding hydrogens is 247 g/mol. The van der Waals surface area contributed by atoms with Crippen molar-refractivity contribution in [3.8, 4) is 0 Å². The van der Waals surface area contributed by atoms with Gasteiger partial charge in [0.1, 0.15) is 0 Å². The Morgan fingerprint density at radius 3 is 2.74 bits per heavy atom. The summed E-state index contributed by atoms with van der Waals surface area (Å²) in [6.45, 7) is 3.29. The maximum atomic E-state index is 13.6. The lowest BCUT2D eigenvalue weighted by molar-refractivity contribution is 0.142. The molecule has 2 rings (SSSR count). The standard InChI is InChI=1S/C13H21FN4O/c1-2-15-12-16-7-10(14)11(18-12)17-8-13(9-19)5-3-4-6-13/h7,19H,2-6,8-9H2,1H3,(H2,15,16,17,18). The lowest BCUT2D eigenvalue weighted by Gasteiger charge is -2.26. The van der Waals surface area contributed by atoms with Gasteiger partial charge in [0.25, 0.3) is 0 Å². The number of hydrogen-bond donors (Lipinski definition) is 3. The summed E-state index contributed by atoms with van der Waals surface area (Å²) in [7, 11) is 0. The molecule has 1 heterocycles. The zero-order chi connectivity index (χ0) is 13.7. The van der Waals surface area contributed by atoms with Gasteiger partial charge in [-0.15, -0.1) is 0 Å². The van der Waals surface area contributed by atoms with Crippen molar-refractivity contribution >= 4 is 11.8 Å². The third-order valence-corrected chi connectivity index (χ3v) is 3.71. The number of hydrogen-bond acceptors (Lipinski definition) is 5. The van der Waals surface area contributed by atoms with Crippen LogP contribution in [-0.4, -0.2) is 34.8 Å². The fraction of sp³-hybridized carbons (Fsp3) is 0.692. The normalized spacial score (nSPS) is 17.4. The van der Waals surface area contributed by atoms with E-state index in [-0.39, 0.29) is 17.8 Å². The third-order valence-electron chi connectivity index (χ3n) is 3.71. The Labute approximate surface area is 112 Å². The van der Waals surface area contributed by atoms with Crippen LogP contribution in [0, 0.1) is 11.2 Å². The minimum atomic E-state index is -0.465. The van der Waals surface area contributed by atoms with E-state index in [9.17, 15) is 9.50 Å². The molecule has 1 fully saturated rings. The van der Waals surface area contributed by atoms with E-state index in [1.54, 1.807) is 0 Å². The minimum Gasteiger partial charge on any atom is -0.396 e. The topological polar surface area (TPSA) is 70.1 Å². The molecule has 0 aliphatic heterocycles. The van der Waals surface area contributed by atoms with E-state index in [2.05, 4.69) is 20.6 Å². The van der Waals surface area contributed by atoms with Gasteiger partial charge >= 0.3 is 0 Å². The van der Waals surface area contributed by atoms with E-state index >= 15 is 0 Å². The molecule has 0 saturated heterocycles. The van der Waals surface area contributed by atoms with Gasteiger partial charge < -0.3 is 15.7 Å². The van der Waals surface area contributed by atoms with Crippen LogP contribution >= 0.6 is 0 Å². The molecule has 1 aliphatic rings. The number of anilines is 2. The number of nitrogens with zero attached hydrogens (tertiary/aromatic N) is 2. The van der Waals surface area contributed by atoms with Crippen LogP contribution in [0.15, 0.2) is 6.20 Å². The first kappa shape index (κ1) is 14.0. The summed E-state index contributed by atoms with van der Waals surface area (Å²) in [5, 5.41) is 15.5. The van der Waals surface area contributed by atoms with Gasteiger partial charge in [-0.25, -0.2) is 9.37 Å². The molecule has 106 valence electrons. The third kappa shape index (κ3) is 3.32. The first-order valence-corrected chi connectivity index (χ1v) is 6.80. The van der Waals surface area contributed by atoms with E-state index in [0.717, 1.165) is 31.9 Å². The smallest absolute Gasteiger partial charge is 0.224 e. The van der Waals surface area contributed by atoms with Crippen LogP contribution in [0.4, 0.5) is 16.2 Å². The maximum Gasteiger partial charge on any atom is 0.224 e. The van der Waals surface area contributed by atoms with Crippen molar-refractivity contribution in [2.24, 2.45) is 5.41 Å². The summed E-state index contributed by atoms with van der Waals surface area (Å²) >= 11 is 0. The predicted molar refractivity (Wildman–Crippen MR) is 72.6 cm³/mol. The molecular formula is C13H21FN4O. The molecule has 0 unspecified atom stereocenters. The van der Waals surface area contributed by atoms with Crippen molar-refractivity contribution in [2.75, 3.05) is 30.3 Å². The summed E-state index contributed by atoms with van der Waals surface area (Å²) in [4.78, 5) is 7.96. The van der Waals surface area contributed by atoms with Crippen molar-refractivity contribution in [1.29, 1.82) is 0 Å². The van der Waals surface area contributed by atoms with E-state index in [1.165, 1.54) is 0 Å². The lowest BCUT2D eigenvalue weighted by atomic mass is 9.87. The molecule has 1 aromatic heterocycles. The van der Waals surface area contributed by atoms with Crippen molar-refractivity contribution in [3.05, 3.63) is 12.0 Å². The Balaban J connectivity index is 2.03. The molecule has 0 amide bonds. The van der Waals surface area contributed by atoms with Crippen LogP contribution in [0.25, 0.3) is 0 Å². The summed E-state index contributed by atoms with van der Waals surface area (Å²) in [5.41, 5.74) is -0.129. The van der Waals surface area contributed by atoms with E-state index in [0.29, 0.717) is 19.0 Å². The van der Waals surface area contributed by atoms with Crippen molar-refractivity contribution < 1.29 is 9.50 Å². The van der Waals surface area contributed by atoms with Gasteiger partial charge in [0.2, 0.25) is 5.95 Å². The van der Waals surface area contributed by atoms with Crippen LogP contribution in [0.5, 0.6) is 0 Å². The molecule has 0 atom stereocenters. The Morgan fingerprint density at radius 2 is 2.11 bits per heavy atom. The molecule has 0 aromatic carbocycles. The number of halogens is 1. The number of aliphatic hydroxyl groups is 1. The summed E-state index contributed by atoms with van der Waals surface area (Å²) in [6.07, 6.45) is 5.36.